The number of benzene rings is 2. The summed E-state index contributed by atoms with van der Waals surface area (Å²) >= 11 is 1.88. The summed E-state index contributed by atoms with van der Waals surface area (Å²) in [5.74, 6) is 0.686. The summed E-state index contributed by atoms with van der Waals surface area (Å²) in [5, 5.41) is 13.6. The highest BCUT2D eigenvalue weighted by Gasteiger charge is 2.06. The maximum absolute atomic E-state index is 12.0. The van der Waals surface area contributed by atoms with Crippen molar-refractivity contribution in [1.29, 1.82) is 0 Å². The molecule has 3 rings (SSSR count). The lowest BCUT2D eigenvalue weighted by Crippen LogP contribution is -2.02. The number of rotatable bonds is 5. The minimum Gasteiger partial charge on any atom is -0.508 e. The lowest BCUT2D eigenvalue weighted by molar-refractivity contribution is 0.476. The number of phenolic OH excluding ortho intramolecular Hbond substituents is 1. The predicted molar refractivity (Wildman–Crippen MR) is 88.8 cm³/mol. The molecule has 0 aliphatic heterocycles. The molecule has 3 aromatic rings. The molecule has 0 saturated carbocycles. The van der Waals surface area contributed by atoms with Crippen LogP contribution in [0, 0.1) is 0 Å². The average Bonchev–Trinajstić information content (AvgIpc) is 2.91. The van der Waals surface area contributed by atoms with Gasteiger partial charge in [-0.25, -0.2) is 4.98 Å². The number of aromatic nitrogens is 1. The van der Waals surface area contributed by atoms with Gasteiger partial charge in [-0.3, -0.25) is 0 Å². The summed E-state index contributed by atoms with van der Waals surface area (Å²) in [6.07, 6.45) is 0. The first-order valence-electron chi connectivity index (χ1n) is 6.44. The molecule has 1 aromatic heterocycles. The number of nitrogens with zero attached hydrogens (tertiary/aromatic N) is 1. The van der Waals surface area contributed by atoms with E-state index in [1.807, 2.05) is 30.3 Å². The van der Waals surface area contributed by atoms with E-state index in [9.17, 15) is 8.99 Å². The Morgan fingerprint density at radius 1 is 1.19 bits per heavy atom. The van der Waals surface area contributed by atoms with E-state index in [0.29, 0.717) is 24.4 Å². The first-order chi connectivity index (χ1) is 10.3. The molecule has 21 heavy (non-hydrogen) atoms. The van der Waals surface area contributed by atoms with Gasteiger partial charge in [-0.15, -0.1) is 11.3 Å². The Balaban J connectivity index is 1.81. The van der Waals surface area contributed by atoms with E-state index in [0.717, 1.165) is 26.5 Å². The van der Waals surface area contributed by atoms with Crippen molar-refractivity contribution in [1.82, 2.24) is 4.98 Å². The van der Waals surface area contributed by atoms with Crippen LogP contribution in [0.25, 0.3) is 20.8 Å². The Morgan fingerprint density at radius 2 is 2.00 bits per heavy atom. The van der Waals surface area contributed by atoms with E-state index in [4.69, 9.17) is 0 Å². The van der Waals surface area contributed by atoms with Gasteiger partial charge in [0.2, 0.25) is 0 Å². The van der Waals surface area contributed by atoms with E-state index in [2.05, 4.69) is 10.3 Å². The molecule has 0 fully saturated rings. The Kier molecular flexibility index (Phi) is 4.26. The maximum atomic E-state index is 12.0. The highest BCUT2D eigenvalue weighted by molar-refractivity contribution is 7.94. The van der Waals surface area contributed by atoms with Gasteiger partial charge in [0.1, 0.15) is 10.8 Å². The SMILES string of the molecule is Oc1ccc2nc(-c3ccc(NCCSF)cc3)sc2c1. The van der Waals surface area contributed by atoms with Gasteiger partial charge in [-0.05, 0) is 42.5 Å². The minimum absolute atomic E-state index is 0.253. The lowest BCUT2D eigenvalue weighted by atomic mass is 10.2. The van der Waals surface area contributed by atoms with E-state index < -0.39 is 0 Å². The highest BCUT2D eigenvalue weighted by Crippen LogP contribution is 2.32. The Bertz CT molecular complexity index is 743. The molecule has 2 aromatic carbocycles. The Labute approximate surface area is 130 Å². The number of aromatic hydroxyl groups is 1. The monoisotopic (exact) mass is 320 g/mol. The van der Waals surface area contributed by atoms with Crippen molar-refractivity contribution < 1.29 is 8.99 Å². The van der Waals surface area contributed by atoms with Gasteiger partial charge in [0.25, 0.3) is 0 Å². The molecule has 0 bridgehead atoms. The molecule has 0 aliphatic rings. The third kappa shape index (κ3) is 3.28. The molecule has 3 nitrogen and oxygen atoms in total. The van der Waals surface area contributed by atoms with Crippen LogP contribution in [-0.2, 0) is 0 Å². The van der Waals surface area contributed by atoms with Crippen molar-refractivity contribution in [3.05, 3.63) is 42.5 Å². The number of halogens is 1. The number of fused-ring (bicyclic) bond motifs is 1. The first kappa shape index (κ1) is 14.2. The second kappa shape index (κ2) is 6.32. The maximum Gasteiger partial charge on any atom is 0.124 e. The lowest BCUT2D eigenvalue weighted by Gasteiger charge is -2.04. The normalized spacial score (nSPS) is 10.9. The predicted octanol–water partition coefficient (Wildman–Crippen LogP) is 4.70. The molecule has 108 valence electrons. The summed E-state index contributed by atoms with van der Waals surface area (Å²) in [6, 6.07) is 13.1. The molecule has 0 radical (unpaired) electrons. The van der Waals surface area contributed by atoms with Crippen molar-refractivity contribution in [2.24, 2.45) is 0 Å². The largest absolute Gasteiger partial charge is 0.508 e. The number of phenols is 1. The number of hydrogen-bond donors (Lipinski definition) is 2. The molecule has 1 heterocycles. The summed E-state index contributed by atoms with van der Waals surface area (Å²) in [7, 11) is 0. The van der Waals surface area contributed by atoms with Crippen LogP contribution in [0.5, 0.6) is 5.75 Å². The van der Waals surface area contributed by atoms with Gasteiger partial charge in [0.15, 0.2) is 0 Å². The van der Waals surface area contributed by atoms with Crippen molar-refractivity contribution in [2.75, 3.05) is 17.6 Å². The third-order valence-corrected chi connectivity index (χ3v) is 4.44. The van der Waals surface area contributed by atoms with Gasteiger partial charge in [0.05, 0.1) is 10.2 Å². The van der Waals surface area contributed by atoms with Crippen LogP contribution in [0.15, 0.2) is 42.5 Å². The number of anilines is 1. The molecule has 0 saturated heterocycles. The molecule has 0 aliphatic carbocycles. The summed E-state index contributed by atoms with van der Waals surface area (Å²) in [4.78, 5) is 4.56. The van der Waals surface area contributed by atoms with Gasteiger partial charge >= 0.3 is 0 Å². The Hall–Kier alpha value is -1.79. The zero-order valence-electron chi connectivity index (χ0n) is 11.0. The van der Waals surface area contributed by atoms with Crippen molar-refractivity contribution in [3.8, 4) is 16.3 Å². The topological polar surface area (TPSA) is 45.2 Å². The van der Waals surface area contributed by atoms with Crippen LogP contribution in [-0.4, -0.2) is 22.4 Å². The molecule has 0 atom stereocenters. The molecule has 2 N–H and O–H groups in total. The smallest absolute Gasteiger partial charge is 0.124 e. The van der Waals surface area contributed by atoms with E-state index in [-0.39, 0.29) is 5.75 Å². The molecule has 0 amide bonds. The zero-order valence-corrected chi connectivity index (χ0v) is 12.7. The van der Waals surface area contributed by atoms with E-state index >= 15 is 0 Å². The number of hydrogen-bond acceptors (Lipinski definition) is 5. The zero-order chi connectivity index (χ0) is 14.7. The van der Waals surface area contributed by atoms with Crippen molar-refractivity contribution >= 4 is 39.4 Å². The van der Waals surface area contributed by atoms with Gasteiger partial charge < -0.3 is 10.4 Å². The van der Waals surface area contributed by atoms with E-state index in [1.165, 1.54) is 0 Å². The highest BCUT2D eigenvalue weighted by atomic mass is 32.2. The molecule has 0 spiro atoms. The number of nitrogens with one attached hydrogen (secondary N) is 1. The number of thiazole rings is 1. The molecular weight excluding hydrogens is 307 g/mol. The standard InChI is InChI=1S/C15H13FN2OS2/c16-20-8-7-17-11-3-1-10(2-4-11)15-18-13-6-5-12(19)9-14(13)21-15/h1-6,9,17,19H,7-8H2. The fourth-order valence-corrected chi connectivity index (χ4v) is 3.18. The van der Waals surface area contributed by atoms with Crippen LogP contribution in [0.4, 0.5) is 9.57 Å². The van der Waals surface area contributed by atoms with Crippen LogP contribution >= 0.6 is 23.5 Å². The quantitative estimate of drug-likeness (QED) is 0.669. The summed E-state index contributed by atoms with van der Waals surface area (Å²) < 4.78 is 12.9. The molecule has 0 unspecified atom stereocenters. The molecular formula is C15H13FN2OS2. The Morgan fingerprint density at radius 3 is 2.76 bits per heavy atom. The second-order valence-corrected chi connectivity index (χ2v) is 6.15. The second-order valence-electron chi connectivity index (χ2n) is 4.49. The summed E-state index contributed by atoms with van der Waals surface area (Å²) in [6.45, 7) is 0.598. The van der Waals surface area contributed by atoms with E-state index in [1.54, 1.807) is 23.5 Å². The fraction of sp³-hybridized carbons (Fsp3) is 0.133. The third-order valence-electron chi connectivity index (χ3n) is 3.01. The fourth-order valence-electron chi connectivity index (χ4n) is 2.00. The van der Waals surface area contributed by atoms with Gasteiger partial charge in [-0.2, -0.15) is 3.89 Å². The molecule has 6 heteroatoms. The van der Waals surface area contributed by atoms with Crippen LogP contribution < -0.4 is 5.32 Å². The van der Waals surface area contributed by atoms with Gasteiger partial charge in [-0.1, -0.05) is 0 Å². The van der Waals surface area contributed by atoms with Crippen LogP contribution in [0.3, 0.4) is 0 Å². The minimum atomic E-state index is 0.253. The van der Waals surface area contributed by atoms with Crippen molar-refractivity contribution in [3.63, 3.8) is 0 Å². The van der Waals surface area contributed by atoms with Crippen LogP contribution in [0.2, 0.25) is 0 Å². The first-order valence-corrected chi connectivity index (χ1v) is 8.14. The summed E-state index contributed by atoms with van der Waals surface area (Å²) in [5.41, 5.74) is 2.88. The van der Waals surface area contributed by atoms with Crippen LogP contribution in [0.1, 0.15) is 0 Å². The van der Waals surface area contributed by atoms with Gasteiger partial charge in [0, 0.05) is 35.7 Å². The average molecular weight is 320 g/mol. The van der Waals surface area contributed by atoms with Crippen molar-refractivity contribution in [2.45, 2.75) is 0 Å².